The zero-order valence-corrected chi connectivity index (χ0v) is 19.8. The van der Waals surface area contributed by atoms with E-state index >= 15 is 0 Å². The second-order valence-electron chi connectivity index (χ2n) is 7.61. The Balaban J connectivity index is 0.00000576. The summed E-state index contributed by atoms with van der Waals surface area (Å²) in [6.07, 6.45) is 4.84. The highest BCUT2D eigenvalue weighted by Gasteiger charge is 2.23. The van der Waals surface area contributed by atoms with Crippen LogP contribution < -0.4 is 10.6 Å². The minimum atomic E-state index is 0. The van der Waals surface area contributed by atoms with Crippen LogP contribution in [-0.2, 0) is 0 Å². The average Bonchev–Trinajstić information content (AvgIpc) is 2.57. The van der Waals surface area contributed by atoms with Gasteiger partial charge in [-0.15, -0.1) is 24.0 Å². The third-order valence-electron chi connectivity index (χ3n) is 5.56. The molecule has 0 bridgehead atoms. The molecular weight excluding hydrogens is 425 g/mol. The molecule has 0 aliphatic carbocycles. The molecule has 1 aliphatic rings. The highest BCUT2D eigenvalue weighted by molar-refractivity contribution is 14.0. The van der Waals surface area contributed by atoms with Crippen LogP contribution in [0.15, 0.2) is 4.99 Å². The van der Waals surface area contributed by atoms with Gasteiger partial charge in [-0.25, -0.2) is 0 Å². The van der Waals surface area contributed by atoms with Crippen molar-refractivity contribution in [2.24, 2.45) is 10.9 Å². The van der Waals surface area contributed by atoms with Gasteiger partial charge >= 0.3 is 0 Å². The first-order chi connectivity index (χ1) is 11.4. The van der Waals surface area contributed by atoms with E-state index in [0.29, 0.717) is 18.1 Å². The second kappa shape index (κ2) is 13.1. The first-order valence-electron chi connectivity index (χ1n) is 9.80. The van der Waals surface area contributed by atoms with E-state index in [-0.39, 0.29) is 24.0 Å². The molecule has 1 aliphatic heterocycles. The molecule has 0 aromatic carbocycles. The molecule has 0 aromatic rings. The monoisotopic (exact) mass is 467 g/mol. The van der Waals surface area contributed by atoms with Crippen molar-refractivity contribution in [1.29, 1.82) is 0 Å². The smallest absolute Gasteiger partial charge is 0.191 e. The molecule has 1 atom stereocenters. The minimum Gasteiger partial charge on any atom is -0.355 e. The molecule has 0 saturated carbocycles. The molecule has 2 N–H and O–H groups in total. The van der Waals surface area contributed by atoms with Gasteiger partial charge in [-0.05, 0) is 46.7 Å². The molecule has 0 spiro atoms. The molecule has 1 heterocycles. The Kier molecular flexibility index (Phi) is 13.1. The molecule has 1 fully saturated rings. The van der Waals surface area contributed by atoms with E-state index in [2.05, 4.69) is 67.2 Å². The van der Waals surface area contributed by atoms with Crippen LogP contribution in [0, 0.1) is 5.92 Å². The largest absolute Gasteiger partial charge is 0.355 e. The number of aliphatic imine (C=N–C) groups is 1. The number of nitrogens with one attached hydrogen (secondary N) is 2. The van der Waals surface area contributed by atoms with Gasteiger partial charge in [-0.2, -0.15) is 0 Å². The molecule has 1 saturated heterocycles. The Morgan fingerprint density at radius 2 is 1.72 bits per heavy atom. The zero-order valence-electron chi connectivity index (χ0n) is 17.5. The van der Waals surface area contributed by atoms with Crippen LogP contribution in [0.3, 0.4) is 0 Å². The fraction of sp³-hybridized carbons (Fsp3) is 0.947. The summed E-state index contributed by atoms with van der Waals surface area (Å²) < 4.78 is 0. The predicted octanol–water partition coefficient (Wildman–Crippen LogP) is 3.01. The maximum atomic E-state index is 4.44. The predicted molar refractivity (Wildman–Crippen MR) is 121 cm³/mol. The third-order valence-corrected chi connectivity index (χ3v) is 5.56. The summed E-state index contributed by atoms with van der Waals surface area (Å²) in [7, 11) is 6.24. The molecule has 0 amide bonds. The first kappa shape index (κ1) is 24.9. The van der Waals surface area contributed by atoms with Crippen LogP contribution in [0.5, 0.6) is 0 Å². The van der Waals surface area contributed by atoms with E-state index in [4.69, 9.17) is 0 Å². The molecule has 5 nitrogen and oxygen atoms in total. The van der Waals surface area contributed by atoms with E-state index in [1.807, 2.05) is 7.05 Å². The van der Waals surface area contributed by atoms with Crippen molar-refractivity contribution < 1.29 is 0 Å². The number of nitrogens with zero attached hydrogens (tertiary/aromatic N) is 3. The van der Waals surface area contributed by atoms with Gasteiger partial charge in [0.05, 0.1) is 0 Å². The number of piperidine rings is 1. The molecule has 6 heteroatoms. The van der Waals surface area contributed by atoms with Crippen LogP contribution >= 0.6 is 24.0 Å². The van der Waals surface area contributed by atoms with Crippen molar-refractivity contribution in [2.45, 2.75) is 71.5 Å². The van der Waals surface area contributed by atoms with E-state index < -0.39 is 0 Å². The number of guanidine groups is 1. The minimum absolute atomic E-state index is 0. The molecular formula is C19H42IN5. The van der Waals surface area contributed by atoms with Crippen molar-refractivity contribution in [2.75, 3.05) is 40.8 Å². The number of hydrogen-bond acceptors (Lipinski definition) is 3. The van der Waals surface area contributed by atoms with Crippen LogP contribution in [0.1, 0.15) is 53.4 Å². The van der Waals surface area contributed by atoms with Gasteiger partial charge in [0, 0.05) is 44.8 Å². The number of rotatable bonds is 8. The molecule has 150 valence electrons. The summed E-state index contributed by atoms with van der Waals surface area (Å²) in [5, 5.41) is 7.19. The van der Waals surface area contributed by atoms with Gasteiger partial charge in [-0.3, -0.25) is 4.99 Å². The Labute approximate surface area is 173 Å². The van der Waals surface area contributed by atoms with Gasteiger partial charge in [-0.1, -0.05) is 26.7 Å². The summed E-state index contributed by atoms with van der Waals surface area (Å²) in [4.78, 5) is 9.35. The zero-order chi connectivity index (χ0) is 18.1. The highest BCUT2D eigenvalue weighted by atomic mass is 127. The highest BCUT2D eigenvalue weighted by Crippen LogP contribution is 2.16. The molecule has 0 aromatic heterocycles. The molecule has 1 rings (SSSR count). The Morgan fingerprint density at radius 3 is 2.12 bits per heavy atom. The van der Waals surface area contributed by atoms with Crippen molar-refractivity contribution in [3.05, 3.63) is 0 Å². The van der Waals surface area contributed by atoms with Gasteiger partial charge in [0.2, 0.25) is 0 Å². The second-order valence-corrected chi connectivity index (χ2v) is 7.61. The average molecular weight is 467 g/mol. The van der Waals surface area contributed by atoms with Crippen molar-refractivity contribution >= 4 is 29.9 Å². The summed E-state index contributed by atoms with van der Waals surface area (Å²) >= 11 is 0. The standard InChI is InChI=1S/C19H41N5.HI/c1-8-16(9-2)18(23(6)7)14-21-19(20-5)22-17-10-12-24(13-11-17)15(3)4;/h15-18H,8-14H2,1-7H3,(H2,20,21,22);1H. The SMILES string of the molecule is CCC(CC)C(CNC(=NC)NC1CCN(C(C)C)CC1)N(C)C.I. The Bertz CT molecular complexity index is 361. The van der Waals surface area contributed by atoms with Crippen molar-refractivity contribution in [3.63, 3.8) is 0 Å². The number of likely N-dealkylation sites (tertiary alicyclic amines) is 1. The molecule has 25 heavy (non-hydrogen) atoms. The lowest BCUT2D eigenvalue weighted by atomic mass is 9.93. The number of halogens is 1. The summed E-state index contributed by atoms with van der Waals surface area (Å²) in [6, 6.07) is 1.74. The van der Waals surface area contributed by atoms with E-state index in [9.17, 15) is 0 Å². The first-order valence-corrected chi connectivity index (χ1v) is 9.80. The maximum Gasteiger partial charge on any atom is 0.191 e. The molecule has 1 unspecified atom stereocenters. The van der Waals surface area contributed by atoms with Crippen molar-refractivity contribution in [3.8, 4) is 0 Å². The third kappa shape index (κ3) is 8.43. The van der Waals surface area contributed by atoms with Crippen molar-refractivity contribution in [1.82, 2.24) is 20.4 Å². The summed E-state index contributed by atoms with van der Waals surface area (Å²) in [6.45, 7) is 12.5. The summed E-state index contributed by atoms with van der Waals surface area (Å²) in [5.41, 5.74) is 0. The Hall–Kier alpha value is -0.0800. The van der Waals surface area contributed by atoms with E-state index in [0.717, 1.165) is 18.4 Å². The number of hydrogen-bond donors (Lipinski definition) is 2. The van der Waals surface area contributed by atoms with Crippen LogP contribution in [-0.4, -0.2) is 74.7 Å². The normalized spacial score (nSPS) is 18.6. The van der Waals surface area contributed by atoms with Gasteiger partial charge in [0.15, 0.2) is 5.96 Å². The van der Waals surface area contributed by atoms with E-state index in [1.54, 1.807) is 0 Å². The quantitative estimate of drug-likeness (QED) is 0.327. The van der Waals surface area contributed by atoms with Gasteiger partial charge in [0.25, 0.3) is 0 Å². The number of likely N-dealkylation sites (N-methyl/N-ethyl adjacent to an activating group) is 1. The summed E-state index contributed by atoms with van der Waals surface area (Å²) in [5.74, 6) is 1.68. The van der Waals surface area contributed by atoms with Crippen LogP contribution in [0.4, 0.5) is 0 Å². The fourth-order valence-electron chi connectivity index (χ4n) is 3.75. The van der Waals surface area contributed by atoms with Gasteiger partial charge in [0.1, 0.15) is 0 Å². The maximum absolute atomic E-state index is 4.44. The lowest BCUT2D eigenvalue weighted by Crippen LogP contribution is -2.52. The van der Waals surface area contributed by atoms with Gasteiger partial charge < -0.3 is 20.4 Å². The molecule has 0 radical (unpaired) electrons. The van der Waals surface area contributed by atoms with Crippen LogP contribution in [0.25, 0.3) is 0 Å². The topological polar surface area (TPSA) is 42.9 Å². The Morgan fingerprint density at radius 1 is 1.16 bits per heavy atom. The van der Waals surface area contributed by atoms with E-state index in [1.165, 1.54) is 38.8 Å². The lowest BCUT2D eigenvalue weighted by Gasteiger charge is -2.36. The van der Waals surface area contributed by atoms with Crippen LogP contribution in [0.2, 0.25) is 0 Å². The fourth-order valence-corrected chi connectivity index (χ4v) is 3.75. The lowest BCUT2D eigenvalue weighted by molar-refractivity contribution is 0.167.